The van der Waals surface area contributed by atoms with Crippen LogP contribution in [0, 0.1) is 18.7 Å². The molecule has 0 aromatic heterocycles. The highest BCUT2D eigenvalue weighted by molar-refractivity contribution is 6.04. The Hall–Kier alpha value is -1.22. The molecule has 0 spiro atoms. The van der Waals surface area contributed by atoms with Crippen molar-refractivity contribution in [2.24, 2.45) is 11.7 Å². The Morgan fingerprint density at radius 3 is 2.83 bits per heavy atom. The molecule has 1 aliphatic rings. The van der Waals surface area contributed by atoms with Crippen molar-refractivity contribution in [1.82, 2.24) is 0 Å². The van der Waals surface area contributed by atoms with Crippen molar-refractivity contribution in [3.63, 3.8) is 0 Å². The Morgan fingerprint density at radius 1 is 1.50 bits per heavy atom. The zero-order chi connectivity index (χ0) is 13.3. The number of hydrogen-bond donors (Lipinski definition) is 1. The van der Waals surface area contributed by atoms with E-state index in [2.05, 4.69) is 6.92 Å². The van der Waals surface area contributed by atoms with Crippen molar-refractivity contribution in [2.45, 2.75) is 45.1 Å². The van der Waals surface area contributed by atoms with Gasteiger partial charge in [0.1, 0.15) is 5.82 Å². The van der Waals surface area contributed by atoms with Gasteiger partial charge in [0.05, 0.1) is 5.54 Å². The highest BCUT2D eigenvalue weighted by Crippen LogP contribution is 2.33. The molecule has 1 aromatic carbocycles. The van der Waals surface area contributed by atoms with Gasteiger partial charge in [0.15, 0.2) is 5.78 Å². The first-order valence-corrected chi connectivity index (χ1v) is 6.52. The van der Waals surface area contributed by atoms with Crippen LogP contribution in [0.1, 0.15) is 48.5 Å². The SMILES string of the molecule is Cc1cc(F)ccc1C(=O)C1(N)CCCC(C)C1. The summed E-state index contributed by atoms with van der Waals surface area (Å²) in [5.41, 5.74) is 6.76. The number of nitrogens with two attached hydrogens (primary N) is 1. The Labute approximate surface area is 107 Å². The smallest absolute Gasteiger partial charge is 0.182 e. The van der Waals surface area contributed by atoms with Gasteiger partial charge in [-0.3, -0.25) is 4.79 Å². The maximum atomic E-state index is 13.1. The number of halogens is 1. The van der Waals surface area contributed by atoms with E-state index >= 15 is 0 Å². The van der Waals surface area contributed by atoms with Crippen LogP contribution in [0.25, 0.3) is 0 Å². The Balaban J connectivity index is 2.30. The third-order valence-electron chi connectivity index (χ3n) is 3.92. The van der Waals surface area contributed by atoms with Crippen LogP contribution in [0.5, 0.6) is 0 Å². The summed E-state index contributed by atoms with van der Waals surface area (Å²) in [6.07, 6.45) is 3.58. The molecule has 0 bridgehead atoms. The number of ketones is 1. The predicted molar refractivity (Wildman–Crippen MR) is 70.0 cm³/mol. The fourth-order valence-corrected chi connectivity index (χ4v) is 2.95. The van der Waals surface area contributed by atoms with E-state index in [0.717, 1.165) is 25.7 Å². The number of rotatable bonds is 2. The first-order chi connectivity index (χ1) is 8.42. The summed E-state index contributed by atoms with van der Waals surface area (Å²) in [6.45, 7) is 3.89. The molecule has 2 unspecified atom stereocenters. The Morgan fingerprint density at radius 2 is 2.22 bits per heavy atom. The van der Waals surface area contributed by atoms with Crippen LogP contribution in [0.15, 0.2) is 18.2 Å². The average Bonchev–Trinajstić information content (AvgIpc) is 2.28. The topological polar surface area (TPSA) is 43.1 Å². The molecule has 1 fully saturated rings. The van der Waals surface area contributed by atoms with E-state index in [-0.39, 0.29) is 11.6 Å². The number of hydrogen-bond acceptors (Lipinski definition) is 2. The molecule has 98 valence electrons. The quantitative estimate of drug-likeness (QED) is 0.818. The summed E-state index contributed by atoms with van der Waals surface area (Å²) in [7, 11) is 0. The first kappa shape index (κ1) is 13.2. The zero-order valence-corrected chi connectivity index (χ0v) is 11.0. The molecule has 0 aliphatic heterocycles. The van der Waals surface area contributed by atoms with E-state index < -0.39 is 5.54 Å². The molecule has 1 aliphatic carbocycles. The molecule has 1 aromatic rings. The van der Waals surface area contributed by atoms with Crippen LogP contribution < -0.4 is 5.73 Å². The molecular weight excluding hydrogens is 229 g/mol. The van der Waals surface area contributed by atoms with Crippen LogP contribution in [-0.2, 0) is 0 Å². The molecule has 1 saturated carbocycles. The van der Waals surface area contributed by atoms with Gasteiger partial charge in [-0.1, -0.05) is 19.8 Å². The lowest BCUT2D eigenvalue weighted by atomic mass is 9.73. The van der Waals surface area contributed by atoms with E-state index in [4.69, 9.17) is 5.73 Å². The summed E-state index contributed by atoms with van der Waals surface area (Å²) >= 11 is 0. The molecule has 2 atom stereocenters. The standard InChI is InChI=1S/C15H20FNO/c1-10-4-3-7-15(17,9-10)14(18)13-6-5-12(16)8-11(13)2/h5-6,8,10H,3-4,7,9,17H2,1-2H3. The summed E-state index contributed by atoms with van der Waals surface area (Å²) in [4.78, 5) is 12.6. The second-order valence-corrected chi connectivity index (χ2v) is 5.65. The second-order valence-electron chi connectivity index (χ2n) is 5.65. The predicted octanol–water partition coefficient (Wildman–Crippen LogP) is 3.22. The lowest BCUT2D eigenvalue weighted by molar-refractivity contribution is 0.0819. The third-order valence-corrected chi connectivity index (χ3v) is 3.92. The summed E-state index contributed by atoms with van der Waals surface area (Å²) in [6, 6.07) is 4.28. The summed E-state index contributed by atoms with van der Waals surface area (Å²) < 4.78 is 13.1. The molecule has 18 heavy (non-hydrogen) atoms. The molecule has 0 radical (unpaired) electrons. The monoisotopic (exact) mass is 249 g/mol. The minimum atomic E-state index is -0.764. The van der Waals surface area contributed by atoms with Gasteiger partial charge in [0.25, 0.3) is 0 Å². The number of benzene rings is 1. The van der Waals surface area contributed by atoms with Gasteiger partial charge >= 0.3 is 0 Å². The zero-order valence-electron chi connectivity index (χ0n) is 11.0. The van der Waals surface area contributed by atoms with Crippen molar-refractivity contribution >= 4 is 5.78 Å². The molecule has 0 heterocycles. The van der Waals surface area contributed by atoms with E-state index in [1.807, 2.05) is 0 Å². The number of aryl methyl sites for hydroxylation is 1. The van der Waals surface area contributed by atoms with Crippen LogP contribution >= 0.6 is 0 Å². The Kier molecular flexibility index (Phi) is 3.53. The minimum Gasteiger partial charge on any atom is -0.319 e. The van der Waals surface area contributed by atoms with E-state index in [1.54, 1.807) is 13.0 Å². The summed E-state index contributed by atoms with van der Waals surface area (Å²) in [5, 5.41) is 0. The second kappa shape index (κ2) is 4.81. The van der Waals surface area contributed by atoms with Crippen molar-refractivity contribution in [3.8, 4) is 0 Å². The normalized spacial score (nSPS) is 28.1. The van der Waals surface area contributed by atoms with E-state index in [1.165, 1.54) is 12.1 Å². The Bertz CT molecular complexity index is 472. The molecule has 3 heteroatoms. The summed E-state index contributed by atoms with van der Waals surface area (Å²) in [5.74, 6) is 0.132. The first-order valence-electron chi connectivity index (χ1n) is 6.52. The number of carbonyl (C=O) groups is 1. The maximum absolute atomic E-state index is 13.1. The van der Waals surface area contributed by atoms with Gasteiger partial charge in [-0.2, -0.15) is 0 Å². The van der Waals surface area contributed by atoms with Crippen LogP contribution in [0.4, 0.5) is 4.39 Å². The molecule has 2 nitrogen and oxygen atoms in total. The molecule has 0 saturated heterocycles. The molecular formula is C15H20FNO. The lowest BCUT2D eigenvalue weighted by Crippen LogP contribution is -2.51. The fraction of sp³-hybridized carbons (Fsp3) is 0.533. The van der Waals surface area contributed by atoms with Gasteiger partial charge in [0.2, 0.25) is 0 Å². The molecule has 0 amide bonds. The highest BCUT2D eigenvalue weighted by Gasteiger charge is 2.38. The van der Waals surface area contributed by atoms with Crippen molar-refractivity contribution in [2.75, 3.05) is 0 Å². The third kappa shape index (κ3) is 2.46. The van der Waals surface area contributed by atoms with Crippen molar-refractivity contribution in [1.29, 1.82) is 0 Å². The van der Waals surface area contributed by atoms with E-state index in [9.17, 15) is 9.18 Å². The lowest BCUT2D eigenvalue weighted by Gasteiger charge is -2.35. The largest absolute Gasteiger partial charge is 0.319 e. The van der Waals surface area contributed by atoms with Gasteiger partial charge in [0, 0.05) is 5.56 Å². The molecule has 2 rings (SSSR count). The van der Waals surface area contributed by atoms with Crippen LogP contribution in [0.2, 0.25) is 0 Å². The average molecular weight is 249 g/mol. The van der Waals surface area contributed by atoms with E-state index in [0.29, 0.717) is 17.0 Å². The highest BCUT2D eigenvalue weighted by atomic mass is 19.1. The number of carbonyl (C=O) groups excluding carboxylic acids is 1. The van der Waals surface area contributed by atoms with Gasteiger partial charge in [-0.25, -0.2) is 4.39 Å². The minimum absolute atomic E-state index is 0.0356. The van der Waals surface area contributed by atoms with Gasteiger partial charge in [-0.05, 0) is 49.4 Å². The van der Waals surface area contributed by atoms with Crippen LogP contribution in [0.3, 0.4) is 0 Å². The van der Waals surface area contributed by atoms with Crippen LogP contribution in [-0.4, -0.2) is 11.3 Å². The maximum Gasteiger partial charge on any atom is 0.182 e. The van der Waals surface area contributed by atoms with Crippen molar-refractivity contribution in [3.05, 3.63) is 35.1 Å². The molecule has 2 N–H and O–H groups in total. The fourth-order valence-electron chi connectivity index (χ4n) is 2.95. The van der Waals surface area contributed by atoms with Crippen molar-refractivity contribution < 1.29 is 9.18 Å². The number of Topliss-reactive ketones (excluding diaryl/α,β-unsaturated/α-hetero) is 1. The van der Waals surface area contributed by atoms with Gasteiger partial charge < -0.3 is 5.73 Å². The van der Waals surface area contributed by atoms with Gasteiger partial charge in [-0.15, -0.1) is 0 Å².